The number of hydrogen-bond acceptors (Lipinski definition) is 3. The van der Waals surface area contributed by atoms with Gasteiger partial charge in [-0.2, -0.15) is 0 Å². The van der Waals surface area contributed by atoms with Crippen molar-refractivity contribution >= 4 is 29.1 Å². The van der Waals surface area contributed by atoms with E-state index in [1.54, 1.807) is 12.1 Å². The van der Waals surface area contributed by atoms with Crippen molar-refractivity contribution in [3.05, 3.63) is 58.9 Å². The van der Waals surface area contributed by atoms with Crippen LogP contribution in [-0.4, -0.2) is 30.3 Å². The molecule has 0 saturated carbocycles. The van der Waals surface area contributed by atoms with E-state index in [0.717, 1.165) is 28.9 Å². The molecule has 0 bridgehead atoms. The summed E-state index contributed by atoms with van der Waals surface area (Å²) in [5, 5.41) is 2.88. The molecule has 4 aliphatic heterocycles. The Morgan fingerprint density at radius 2 is 1.87 bits per heavy atom. The molecule has 7 heteroatoms. The van der Waals surface area contributed by atoms with Crippen LogP contribution in [0.25, 0.3) is 0 Å². The molecule has 3 amide bonds. The van der Waals surface area contributed by atoms with Crippen LogP contribution in [0.3, 0.4) is 0 Å². The predicted molar refractivity (Wildman–Crippen MR) is 111 cm³/mol. The summed E-state index contributed by atoms with van der Waals surface area (Å²) in [7, 11) is 0. The fourth-order valence-corrected chi connectivity index (χ4v) is 6.55. The molecule has 2 aromatic rings. The Kier molecular flexibility index (Phi) is 3.62. The Morgan fingerprint density at radius 1 is 1.06 bits per heavy atom. The average molecular weight is 420 g/mol. The normalized spacial score (nSPS) is 33.1. The monoisotopic (exact) mass is 420 g/mol. The molecule has 6 rings (SSSR count). The molecule has 3 saturated heterocycles. The largest absolute Gasteiger partial charge is 0.320 e. The van der Waals surface area contributed by atoms with Gasteiger partial charge in [0.2, 0.25) is 17.4 Å². The first-order valence-corrected chi connectivity index (χ1v) is 10.8. The highest BCUT2D eigenvalue weighted by atomic mass is 19.1. The van der Waals surface area contributed by atoms with E-state index in [-0.39, 0.29) is 23.8 Å². The smallest absolute Gasteiger partial charge is 0.291 e. The van der Waals surface area contributed by atoms with Crippen LogP contribution in [0, 0.1) is 31.5 Å². The van der Waals surface area contributed by atoms with Gasteiger partial charge in [0.25, 0.3) is 5.91 Å². The van der Waals surface area contributed by atoms with Crippen LogP contribution >= 0.6 is 0 Å². The van der Waals surface area contributed by atoms with Crippen LogP contribution in [0.4, 0.5) is 15.8 Å². The molecule has 158 valence electrons. The van der Waals surface area contributed by atoms with E-state index in [4.69, 9.17) is 0 Å². The number of anilines is 2. The summed E-state index contributed by atoms with van der Waals surface area (Å²) in [6.45, 7) is 4.61. The maximum absolute atomic E-state index is 14.3. The standard InChI is InChI=1S/C24H22FN3O3/c1-12-5-7-15(10-13(12)2)28-21(29)19-18-4-3-9-27(18)24(20(19)22(28)30)16-11-14(25)6-8-17(16)26-23(24)31/h5-8,10-11,18-20H,3-4,9H2,1-2H3,(H,26,31)/p+1/t18-,19+,20-,24+/m0/s1. The second-order valence-corrected chi connectivity index (χ2v) is 9.26. The number of carbonyl (C=O) groups is 3. The van der Waals surface area contributed by atoms with Crippen molar-refractivity contribution in [1.82, 2.24) is 0 Å². The Hall–Kier alpha value is -3.06. The van der Waals surface area contributed by atoms with Crippen molar-refractivity contribution in [2.75, 3.05) is 16.8 Å². The van der Waals surface area contributed by atoms with E-state index >= 15 is 0 Å². The molecule has 5 atom stereocenters. The topological polar surface area (TPSA) is 70.9 Å². The van der Waals surface area contributed by atoms with Gasteiger partial charge in [0.05, 0.1) is 17.9 Å². The van der Waals surface area contributed by atoms with Crippen molar-refractivity contribution in [2.45, 2.75) is 38.3 Å². The summed E-state index contributed by atoms with van der Waals surface area (Å²) in [5.41, 5.74) is 2.39. The number of amides is 3. The fourth-order valence-electron chi connectivity index (χ4n) is 6.55. The minimum absolute atomic E-state index is 0.127. The van der Waals surface area contributed by atoms with Crippen molar-refractivity contribution in [3.8, 4) is 0 Å². The van der Waals surface area contributed by atoms with Gasteiger partial charge in [-0.1, -0.05) is 6.07 Å². The lowest BCUT2D eigenvalue weighted by Gasteiger charge is -2.33. The number of fused-ring (bicyclic) bond motifs is 7. The van der Waals surface area contributed by atoms with E-state index in [2.05, 4.69) is 5.32 Å². The van der Waals surface area contributed by atoms with Gasteiger partial charge in [-0.05, 0) is 55.3 Å². The van der Waals surface area contributed by atoms with Crippen molar-refractivity contribution < 1.29 is 23.7 Å². The van der Waals surface area contributed by atoms with Crippen LogP contribution < -0.4 is 15.1 Å². The zero-order valence-electron chi connectivity index (χ0n) is 17.4. The van der Waals surface area contributed by atoms with Gasteiger partial charge < -0.3 is 10.2 Å². The summed E-state index contributed by atoms with van der Waals surface area (Å²) >= 11 is 0. The minimum Gasteiger partial charge on any atom is -0.320 e. The highest BCUT2D eigenvalue weighted by molar-refractivity contribution is 6.25. The fraction of sp³-hybridized carbons (Fsp3) is 0.375. The second-order valence-electron chi connectivity index (χ2n) is 9.26. The van der Waals surface area contributed by atoms with Gasteiger partial charge in [-0.3, -0.25) is 14.4 Å². The van der Waals surface area contributed by atoms with Gasteiger partial charge in [0.15, 0.2) is 0 Å². The maximum Gasteiger partial charge on any atom is 0.291 e. The zero-order chi connectivity index (χ0) is 21.7. The number of aryl methyl sites for hydroxylation is 2. The predicted octanol–water partition coefficient (Wildman–Crippen LogP) is 1.46. The number of rotatable bonds is 1. The molecule has 4 aliphatic rings. The Bertz CT molecular complexity index is 1190. The third-order valence-electron chi connectivity index (χ3n) is 7.93. The summed E-state index contributed by atoms with van der Waals surface area (Å²) in [5.74, 6) is -2.75. The van der Waals surface area contributed by atoms with Crippen molar-refractivity contribution in [3.63, 3.8) is 0 Å². The molecule has 3 fully saturated rings. The van der Waals surface area contributed by atoms with Crippen LogP contribution in [0.15, 0.2) is 36.4 Å². The summed E-state index contributed by atoms with van der Waals surface area (Å²) in [4.78, 5) is 43.2. The van der Waals surface area contributed by atoms with Gasteiger partial charge in [0, 0.05) is 18.4 Å². The zero-order valence-corrected chi connectivity index (χ0v) is 17.4. The molecule has 31 heavy (non-hydrogen) atoms. The number of nitrogens with zero attached hydrogens (tertiary/aromatic N) is 1. The third-order valence-corrected chi connectivity index (χ3v) is 7.93. The molecule has 1 spiro atoms. The number of imide groups is 1. The summed E-state index contributed by atoms with van der Waals surface area (Å²) in [6, 6.07) is 9.64. The molecule has 4 heterocycles. The molecule has 6 nitrogen and oxygen atoms in total. The first-order chi connectivity index (χ1) is 14.9. The summed E-state index contributed by atoms with van der Waals surface area (Å²) < 4.78 is 14.3. The Labute approximate surface area is 179 Å². The third kappa shape index (κ3) is 2.12. The van der Waals surface area contributed by atoms with E-state index < -0.39 is 23.2 Å². The van der Waals surface area contributed by atoms with Gasteiger partial charge >= 0.3 is 0 Å². The highest BCUT2D eigenvalue weighted by Crippen LogP contribution is 2.52. The number of halogens is 1. The molecule has 2 aromatic carbocycles. The van der Waals surface area contributed by atoms with Crippen LogP contribution in [0.5, 0.6) is 0 Å². The van der Waals surface area contributed by atoms with Crippen molar-refractivity contribution in [2.24, 2.45) is 11.8 Å². The van der Waals surface area contributed by atoms with Crippen LogP contribution in [0.2, 0.25) is 0 Å². The van der Waals surface area contributed by atoms with Gasteiger partial charge in [-0.15, -0.1) is 0 Å². The minimum atomic E-state index is -1.26. The number of nitrogens with one attached hydrogen (secondary N) is 2. The van der Waals surface area contributed by atoms with E-state index in [9.17, 15) is 18.8 Å². The second kappa shape index (κ2) is 6.01. The lowest BCUT2D eigenvalue weighted by atomic mass is 9.75. The first kappa shape index (κ1) is 18.7. The number of quaternary nitrogens is 1. The summed E-state index contributed by atoms with van der Waals surface area (Å²) in [6.07, 6.45) is 1.64. The Morgan fingerprint density at radius 3 is 2.65 bits per heavy atom. The van der Waals surface area contributed by atoms with E-state index in [1.807, 2.05) is 26.0 Å². The lowest BCUT2D eigenvalue weighted by Crippen LogP contribution is -3.19. The maximum atomic E-state index is 14.3. The van der Waals surface area contributed by atoms with Gasteiger partial charge in [-0.25, -0.2) is 9.29 Å². The molecule has 0 aliphatic carbocycles. The van der Waals surface area contributed by atoms with E-state index in [0.29, 0.717) is 23.5 Å². The number of benzene rings is 2. The number of hydrogen-bond donors (Lipinski definition) is 2. The molecule has 2 N–H and O–H groups in total. The molecule has 0 radical (unpaired) electrons. The Balaban J connectivity index is 1.56. The SMILES string of the molecule is Cc1ccc(N2C(=O)[C@H]3[C@@H](C2=O)[C@]2(C(=O)Nc4ccc(F)cc42)[NH+]2CCC[C@@H]32)cc1C. The molecular formula is C24H23FN3O3+. The molecule has 0 aromatic heterocycles. The van der Waals surface area contributed by atoms with Crippen molar-refractivity contribution in [1.29, 1.82) is 0 Å². The highest BCUT2D eigenvalue weighted by Gasteiger charge is 2.78. The lowest BCUT2D eigenvalue weighted by molar-refractivity contribution is -0.948. The average Bonchev–Trinajstić information content (AvgIpc) is 3.43. The molecule has 1 unspecified atom stereocenters. The van der Waals surface area contributed by atoms with Gasteiger partial charge in [0.1, 0.15) is 23.7 Å². The number of carbonyl (C=O) groups excluding carboxylic acids is 3. The van der Waals surface area contributed by atoms with Crippen LogP contribution in [-0.2, 0) is 19.9 Å². The molecular weight excluding hydrogens is 397 g/mol. The van der Waals surface area contributed by atoms with E-state index in [1.165, 1.54) is 17.0 Å². The quantitative estimate of drug-likeness (QED) is 0.687. The first-order valence-electron chi connectivity index (χ1n) is 10.8. The van der Waals surface area contributed by atoms with Crippen LogP contribution in [0.1, 0.15) is 29.5 Å².